The second-order valence-corrected chi connectivity index (χ2v) is 5.97. The predicted molar refractivity (Wildman–Crippen MR) is 70.7 cm³/mol. The van der Waals surface area contributed by atoms with Gasteiger partial charge in [-0.25, -0.2) is 4.79 Å². The summed E-state index contributed by atoms with van der Waals surface area (Å²) in [5.74, 6) is 0.435. The molecule has 2 rings (SSSR count). The number of nitrogens with zero attached hydrogens (tertiary/aromatic N) is 1. The molecule has 0 spiro atoms. The zero-order chi connectivity index (χ0) is 13.0. The highest BCUT2D eigenvalue weighted by Gasteiger charge is 2.35. The number of nitrogens with one attached hydrogen (secondary N) is 1. The van der Waals surface area contributed by atoms with Gasteiger partial charge in [0.25, 0.3) is 0 Å². The van der Waals surface area contributed by atoms with Crippen LogP contribution in [0.5, 0.6) is 0 Å². The van der Waals surface area contributed by atoms with Crippen LogP contribution in [0.15, 0.2) is 0 Å². The van der Waals surface area contributed by atoms with Gasteiger partial charge < -0.3 is 15.3 Å². The second-order valence-electron chi connectivity index (χ2n) is 4.82. The lowest BCUT2D eigenvalue weighted by Gasteiger charge is -2.35. The van der Waals surface area contributed by atoms with E-state index in [2.05, 4.69) is 5.32 Å². The minimum absolute atomic E-state index is 0.0235. The molecular formula is C12H20N2O3S. The summed E-state index contributed by atoms with van der Waals surface area (Å²) in [4.78, 5) is 25.2. The van der Waals surface area contributed by atoms with Crippen LogP contribution in [-0.4, -0.2) is 58.6 Å². The third-order valence-electron chi connectivity index (χ3n) is 3.56. The number of carbonyl (C=O) groups is 2. The Labute approximate surface area is 111 Å². The highest BCUT2D eigenvalue weighted by atomic mass is 32.2. The van der Waals surface area contributed by atoms with Crippen molar-refractivity contribution in [1.82, 2.24) is 10.2 Å². The number of thioether (sulfide) groups is 1. The molecule has 6 heteroatoms. The third kappa shape index (κ3) is 3.17. The monoisotopic (exact) mass is 272 g/mol. The molecule has 5 nitrogen and oxygen atoms in total. The number of rotatable bonds is 2. The van der Waals surface area contributed by atoms with E-state index >= 15 is 0 Å². The quantitative estimate of drug-likeness (QED) is 0.768. The van der Waals surface area contributed by atoms with Crippen LogP contribution in [0.4, 0.5) is 0 Å². The number of carboxylic acids is 1. The molecule has 2 heterocycles. The van der Waals surface area contributed by atoms with Crippen molar-refractivity contribution in [1.29, 1.82) is 0 Å². The highest BCUT2D eigenvalue weighted by molar-refractivity contribution is 7.99. The molecule has 0 saturated carbocycles. The van der Waals surface area contributed by atoms with E-state index in [1.54, 1.807) is 16.7 Å². The van der Waals surface area contributed by atoms with Gasteiger partial charge in [0.15, 0.2) is 0 Å². The first-order valence-electron chi connectivity index (χ1n) is 6.54. The molecule has 0 bridgehead atoms. The molecular weight excluding hydrogens is 252 g/mol. The molecule has 2 aliphatic rings. The van der Waals surface area contributed by atoms with E-state index in [-0.39, 0.29) is 11.9 Å². The Bertz CT molecular complexity index is 316. The number of carbonyl (C=O) groups excluding carboxylic acids is 1. The van der Waals surface area contributed by atoms with Crippen molar-refractivity contribution in [2.45, 2.75) is 37.8 Å². The summed E-state index contributed by atoms with van der Waals surface area (Å²) < 4.78 is 0. The maximum Gasteiger partial charge on any atom is 0.327 e. The Morgan fingerprint density at radius 2 is 2.11 bits per heavy atom. The van der Waals surface area contributed by atoms with Crippen molar-refractivity contribution in [3.8, 4) is 0 Å². The lowest BCUT2D eigenvalue weighted by Crippen LogP contribution is -2.56. The van der Waals surface area contributed by atoms with Crippen LogP contribution >= 0.6 is 11.8 Å². The van der Waals surface area contributed by atoms with Crippen molar-refractivity contribution in [2.75, 3.05) is 24.6 Å². The van der Waals surface area contributed by atoms with Crippen LogP contribution in [0.25, 0.3) is 0 Å². The van der Waals surface area contributed by atoms with Crippen LogP contribution in [0.2, 0.25) is 0 Å². The van der Waals surface area contributed by atoms with Gasteiger partial charge in [-0.15, -0.1) is 0 Å². The summed E-state index contributed by atoms with van der Waals surface area (Å²) in [5, 5.41) is 12.4. The van der Waals surface area contributed by atoms with Gasteiger partial charge in [0.05, 0.1) is 6.04 Å². The van der Waals surface area contributed by atoms with Gasteiger partial charge in [0.1, 0.15) is 6.04 Å². The Morgan fingerprint density at radius 3 is 2.89 bits per heavy atom. The lowest BCUT2D eigenvalue weighted by molar-refractivity contribution is -0.150. The first-order valence-corrected chi connectivity index (χ1v) is 7.70. The largest absolute Gasteiger partial charge is 0.480 e. The summed E-state index contributed by atoms with van der Waals surface area (Å²) >= 11 is 1.61. The average molecular weight is 272 g/mol. The van der Waals surface area contributed by atoms with Crippen molar-refractivity contribution in [3.05, 3.63) is 0 Å². The Morgan fingerprint density at radius 1 is 1.28 bits per heavy atom. The summed E-state index contributed by atoms with van der Waals surface area (Å²) in [6.07, 6.45) is 4.12. The zero-order valence-electron chi connectivity index (χ0n) is 10.4. The maximum atomic E-state index is 12.4. The minimum atomic E-state index is -0.885. The van der Waals surface area contributed by atoms with Gasteiger partial charge >= 0.3 is 5.97 Å². The molecule has 1 amide bonds. The van der Waals surface area contributed by atoms with Gasteiger partial charge in [0, 0.05) is 18.1 Å². The minimum Gasteiger partial charge on any atom is -0.480 e. The summed E-state index contributed by atoms with van der Waals surface area (Å²) in [7, 11) is 0. The first-order chi connectivity index (χ1) is 8.70. The number of hydrogen-bond donors (Lipinski definition) is 2. The SMILES string of the molecule is O=C(O)C1CSCCN1C(=O)C1CCCCCN1. The number of hydrogen-bond acceptors (Lipinski definition) is 4. The molecule has 0 aromatic carbocycles. The first kappa shape index (κ1) is 13.7. The molecule has 102 valence electrons. The standard InChI is InChI=1S/C12H20N2O3S/c15-11(9-4-2-1-3-5-13-9)14-6-7-18-8-10(14)12(16)17/h9-10,13H,1-8H2,(H,16,17). The van der Waals surface area contributed by atoms with Gasteiger partial charge in [0.2, 0.25) is 5.91 Å². The predicted octanol–water partition coefficient (Wildman–Crippen LogP) is 0.547. The number of amides is 1. The summed E-state index contributed by atoms with van der Waals surface area (Å²) in [6.45, 7) is 1.41. The molecule has 0 aromatic heterocycles. The Balaban J connectivity index is 2.02. The average Bonchev–Trinajstić information content (AvgIpc) is 2.66. The Hall–Kier alpha value is -0.750. The number of carboxylic acid groups (broad SMARTS) is 1. The summed E-state index contributed by atoms with van der Waals surface area (Å²) in [5.41, 5.74) is 0. The normalized spacial score (nSPS) is 29.7. The Kier molecular flexibility index (Phi) is 4.88. The van der Waals surface area contributed by atoms with Gasteiger partial charge in [-0.05, 0) is 19.4 Å². The fourth-order valence-corrected chi connectivity index (χ4v) is 3.55. The highest BCUT2D eigenvalue weighted by Crippen LogP contribution is 2.19. The molecule has 2 atom stereocenters. The van der Waals surface area contributed by atoms with Gasteiger partial charge in [-0.1, -0.05) is 12.8 Å². The van der Waals surface area contributed by atoms with Crippen molar-refractivity contribution < 1.29 is 14.7 Å². The number of aliphatic carboxylic acids is 1. The van der Waals surface area contributed by atoms with E-state index in [0.717, 1.165) is 38.0 Å². The molecule has 2 fully saturated rings. The van der Waals surface area contributed by atoms with Crippen molar-refractivity contribution >= 4 is 23.6 Å². The van der Waals surface area contributed by atoms with E-state index in [4.69, 9.17) is 0 Å². The fourth-order valence-electron chi connectivity index (χ4n) is 2.51. The van der Waals surface area contributed by atoms with E-state index in [0.29, 0.717) is 12.3 Å². The van der Waals surface area contributed by atoms with E-state index in [9.17, 15) is 14.7 Å². The van der Waals surface area contributed by atoms with Gasteiger partial charge in [-0.2, -0.15) is 11.8 Å². The molecule has 2 N–H and O–H groups in total. The maximum absolute atomic E-state index is 12.4. The molecule has 0 radical (unpaired) electrons. The molecule has 0 aromatic rings. The molecule has 2 saturated heterocycles. The van der Waals surface area contributed by atoms with Crippen molar-refractivity contribution in [3.63, 3.8) is 0 Å². The van der Waals surface area contributed by atoms with Crippen LogP contribution in [0, 0.1) is 0 Å². The van der Waals surface area contributed by atoms with Crippen LogP contribution in [-0.2, 0) is 9.59 Å². The van der Waals surface area contributed by atoms with E-state index in [1.165, 1.54) is 0 Å². The fraction of sp³-hybridized carbons (Fsp3) is 0.833. The van der Waals surface area contributed by atoms with E-state index < -0.39 is 12.0 Å². The second kappa shape index (κ2) is 6.43. The zero-order valence-corrected chi connectivity index (χ0v) is 11.2. The molecule has 0 aliphatic carbocycles. The van der Waals surface area contributed by atoms with Crippen molar-refractivity contribution in [2.24, 2.45) is 0 Å². The topological polar surface area (TPSA) is 69.6 Å². The molecule has 2 aliphatic heterocycles. The smallest absolute Gasteiger partial charge is 0.327 e. The van der Waals surface area contributed by atoms with Crippen LogP contribution in [0.3, 0.4) is 0 Å². The third-order valence-corrected chi connectivity index (χ3v) is 4.58. The van der Waals surface area contributed by atoms with Gasteiger partial charge in [-0.3, -0.25) is 4.79 Å². The molecule has 2 unspecified atom stereocenters. The van der Waals surface area contributed by atoms with E-state index in [1.807, 2.05) is 0 Å². The van der Waals surface area contributed by atoms with Crippen LogP contribution in [0.1, 0.15) is 25.7 Å². The summed E-state index contributed by atoms with van der Waals surface area (Å²) in [6, 6.07) is -0.834. The lowest BCUT2D eigenvalue weighted by atomic mass is 10.1. The van der Waals surface area contributed by atoms with Crippen LogP contribution < -0.4 is 5.32 Å². The molecule has 18 heavy (non-hydrogen) atoms.